The zero-order chi connectivity index (χ0) is 11.5. The van der Waals surface area contributed by atoms with E-state index in [-0.39, 0.29) is 11.6 Å². The summed E-state index contributed by atoms with van der Waals surface area (Å²) in [5.74, 6) is 0. The second-order valence-electron chi connectivity index (χ2n) is 5.26. The monoisotopic (exact) mass is 215 g/mol. The fourth-order valence-corrected chi connectivity index (χ4v) is 2.14. The minimum absolute atomic E-state index is 0.208. The van der Waals surface area contributed by atoms with Gasteiger partial charge in [-0.15, -0.1) is 0 Å². The molecule has 0 saturated heterocycles. The van der Waals surface area contributed by atoms with Gasteiger partial charge in [-0.3, -0.25) is 0 Å². The van der Waals surface area contributed by atoms with Crippen LogP contribution in [-0.2, 0) is 4.74 Å². The maximum atomic E-state index is 9.64. The second-order valence-corrected chi connectivity index (χ2v) is 5.26. The highest BCUT2D eigenvalue weighted by Crippen LogP contribution is 2.23. The summed E-state index contributed by atoms with van der Waals surface area (Å²) in [6, 6.07) is 0.480. The van der Waals surface area contributed by atoms with Crippen LogP contribution in [0.25, 0.3) is 0 Å². The summed E-state index contributed by atoms with van der Waals surface area (Å²) in [7, 11) is 1.78. The first-order chi connectivity index (χ1) is 6.95. The molecule has 15 heavy (non-hydrogen) atoms. The lowest BCUT2D eigenvalue weighted by molar-refractivity contribution is 0.0376. The molecule has 0 radical (unpaired) electrons. The van der Waals surface area contributed by atoms with Crippen LogP contribution in [0.4, 0.5) is 0 Å². The maximum Gasteiger partial charge on any atom is 0.0688 e. The average Bonchev–Trinajstić information content (AvgIpc) is 2.17. The van der Waals surface area contributed by atoms with Crippen molar-refractivity contribution >= 4 is 0 Å². The van der Waals surface area contributed by atoms with E-state index in [0.29, 0.717) is 12.1 Å². The standard InChI is InChI=1S/C12H25NO2/c1-9(14)12(2,3)13-10-6-5-7-11(8-10)15-4/h9-11,13-14H,5-8H2,1-4H3. The topological polar surface area (TPSA) is 41.5 Å². The highest BCUT2D eigenvalue weighted by molar-refractivity contribution is 4.89. The number of methoxy groups -OCH3 is 1. The average molecular weight is 215 g/mol. The molecule has 3 nitrogen and oxygen atoms in total. The lowest BCUT2D eigenvalue weighted by Crippen LogP contribution is -2.54. The molecule has 0 aromatic heterocycles. The van der Waals surface area contributed by atoms with E-state index >= 15 is 0 Å². The third-order valence-corrected chi connectivity index (χ3v) is 3.58. The zero-order valence-corrected chi connectivity index (χ0v) is 10.4. The molecule has 0 bridgehead atoms. The van der Waals surface area contributed by atoms with Gasteiger partial charge in [-0.25, -0.2) is 0 Å². The summed E-state index contributed by atoms with van der Waals surface area (Å²) < 4.78 is 5.39. The van der Waals surface area contributed by atoms with Crippen molar-refractivity contribution < 1.29 is 9.84 Å². The Hall–Kier alpha value is -0.120. The van der Waals surface area contributed by atoms with Gasteiger partial charge in [0.05, 0.1) is 12.2 Å². The Morgan fingerprint density at radius 1 is 1.40 bits per heavy atom. The zero-order valence-electron chi connectivity index (χ0n) is 10.4. The summed E-state index contributed by atoms with van der Waals surface area (Å²) >= 11 is 0. The van der Waals surface area contributed by atoms with E-state index in [2.05, 4.69) is 5.32 Å². The molecule has 1 saturated carbocycles. The van der Waals surface area contributed by atoms with Gasteiger partial charge in [0, 0.05) is 18.7 Å². The van der Waals surface area contributed by atoms with E-state index in [1.54, 1.807) is 7.11 Å². The van der Waals surface area contributed by atoms with Crippen LogP contribution in [0.2, 0.25) is 0 Å². The molecule has 1 aliphatic rings. The lowest BCUT2D eigenvalue weighted by Gasteiger charge is -2.37. The second kappa shape index (κ2) is 5.28. The van der Waals surface area contributed by atoms with Crippen molar-refractivity contribution in [1.29, 1.82) is 0 Å². The SMILES string of the molecule is COC1CCCC(NC(C)(C)C(C)O)C1. The summed E-state index contributed by atoms with van der Waals surface area (Å²) in [5, 5.41) is 13.2. The molecule has 0 aromatic rings. The third kappa shape index (κ3) is 3.74. The lowest BCUT2D eigenvalue weighted by atomic mass is 9.89. The van der Waals surface area contributed by atoms with Gasteiger partial charge >= 0.3 is 0 Å². The van der Waals surface area contributed by atoms with Gasteiger partial charge in [-0.05, 0) is 46.5 Å². The Balaban J connectivity index is 2.44. The van der Waals surface area contributed by atoms with Gasteiger partial charge in [0.25, 0.3) is 0 Å². The molecule has 0 aromatic carbocycles. The summed E-state index contributed by atoms with van der Waals surface area (Å²) in [5.41, 5.74) is -0.208. The Kier molecular flexibility index (Phi) is 4.56. The largest absolute Gasteiger partial charge is 0.392 e. The molecule has 3 unspecified atom stereocenters. The quantitative estimate of drug-likeness (QED) is 0.750. The smallest absolute Gasteiger partial charge is 0.0688 e. The van der Waals surface area contributed by atoms with E-state index in [1.807, 2.05) is 20.8 Å². The number of hydrogen-bond acceptors (Lipinski definition) is 3. The van der Waals surface area contributed by atoms with E-state index in [4.69, 9.17) is 4.74 Å². The number of aliphatic hydroxyl groups excluding tert-OH is 1. The Morgan fingerprint density at radius 2 is 2.07 bits per heavy atom. The summed E-state index contributed by atoms with van der Waals surface area (Å²) in [4.78, 5) is 0. The number of hydrogen-bond donors (Lipinski definition) is 2. The van der Waals surface area contributed by atoms with E-state index < -0.39 is 0 Å². The fourth-order valence-electron chi connectivity index (χ4n) is 2.14. The molecule has 3 atom stereocenters. The van der Waals surface area contributed by atoms with E-state index in [9.17, 15) is 5.11 Å². The van der Waals surface area contributed by atoms with Gasteiger partial charge in [0.15, 0.2) is 0 Å². The van der Waals surface area contributed by atoms with Gasteiger partial charge in [0.2, 0.25) is 0 Å². The van der Waals surface area contributed by atoms with Crippen LogP contribution in [0.5, 0.6) is 0 Å². The summed E-state index contributed by atoms with van der Waals surface area (Å²) in [6.45, 7) is 5.94. The number of rotatable bonds is 4. The molecule has 1 rings (SSSR count). The third-order valence-electron chi connectivity index (χ3n) is 3.58. The minimum atomic E-state index is -0.333. The van der Waals surface area contributed by atoms with Crippen LogP contribution in [0.3, 0.4) is 0 Å². The molecule has 0 heterocycles. The molecular formula is C12H25NO2. The van der Waals surface area contributed by atoms with Crippen LogP contribution < -0.4 is 5.32 Å². The fraction of sp³-hybridized carbons (Fsp3) is 1.00. The van der Waals surface area contributed by atoms with Crippen molar-refractivity contribution in [2.75, 3.05) is 7.11 Å². The number of ether oxygens (including phenoxy) is 1. The molecule has 2 N–H and O–H groups in total. The van der Waals surface area contributed by atoms with Crippen LogP contribution >= 0.6 is 0 Å². The van der Waals surface area contributed by atoms with E-state index in [1.165, 1.54) is 19.3 Å². The number of nitrogens with one attached hydrogen (secondary N) is 1. The summed E-state index contributed by atoms with van der Waals surface area (Å²) in [6.07, 6.45) is 4.69. The molecular weight excluding hydrogens is 190 g/mol. The molecule has 0 amide bonds. The first kappa shape index (κ1) is 12.9. The van der Waals surface area contributed by atoms with Crippen LogP contribution in [0.15, 0.2) is 0 Å². The maximum absolute atomic E-state index is 9.64. The van der Waals surface area contributed by atoms with E-state index in [0.717, 1.165) is 6.42 Å². The van der Waals surface area contributed by atoms with Crippen LogP contribution in [0, 0.1) is 0 Å². The molecule has 1 aliphatic carbocycles. The van der Waals surface area contributed by atoms with Crippen molar-refractivity contribution in [3.8, 4) is 0 Å². The number of aliphatic hydroxyl groups is 1. The predicted octanol–water partition coefficient (Wildman–Crippen LogP) is 1.69. The van der Waals surface area contributed by atoms with Gasteiger partial charge in [-0.1, -0.05) is 0 Å². The first-order valence-corrected chi connectivity index (χ1v) is 5.94. The minimum Gasteiger partial charge on any atom is -0.392 e. The van der Waals surface area contributed by atoms with Crippen LogP contribution in [0.1, 0.15) is 46.5 Å². The predicted molar refractivity (Wildman–Crippen MR) is 61.9 cm³/mol. The molecule has 90 valence electrons. The Morgan fingerprint density at radius 3 is 2.60 bits per heavy atom. The molecule has 3 heteroatoms. The van der Waals surface area contributed by atoms with Crippen molar-refractivity contribution in [1.82, 2.24) is 5.32 Å². The Bertz CT molecular complexity index is 192. The first-order valence-electron chi connectivity index (χ1n) is 5.94. The van der Waals surface area contributed by atoms with Crippen LogP contribution in [-0.4, -0.2) is 36.0 Å². The normalized spacial score (nSPS) is 30.2. The van der Waals surface area contributed by atoms with Crippen molar-refractivity contribution in [3.05, 3.63) is 0 Å². The van der Waals surface area contributed by atoms with Gasteiger partial charge in [-0.2, -0.15) is 0 Å². The Labute approximate surface area is 93.2 Å². The molecule has 0 aliphatic heterocycles. The van der Waals surface area contributed by atoms with Gasteiger partial charge < -0.3 is 15.2 Å². The molecule has 1 fully saturated rings. The highest BCUT2D eigenvalue weighted by atomic mass is 16.5. The van der Waals surface area contributed by atoms with Crippen molar-refractivity contribution in [2.24, 2.45) is 0 Å². The highest BCUT2D eigenvalue weighted by Gasteiger charge is 2.30. The van der Waals surface area contributed by atoms with Crippen molar-refractivity contribution in [3.63, 3.8) is 0 Å². The van der Waals surface area contributed by atoms with Crippen molar-refractivity contribution in [2.45, 2.75) is 70.2 Å². The molecule has 0 spiro atoms. The van der Waals surface area contributed by atoms with Gasteiger partial charge in [0.1, 0.15) is 0 Å².